The first-order valence-electron chi connectivity index (χ1n) is 8.88. The molecule has 23 heavy (non-hydrogen) atoms. The third kappa shape index (κ3) is 3.69. The molecule has 128 valence electrons. The minimum absolute atomic E-state index is 0.199. The number of para-hydroxylation sites is 1. The van der Waals surface area contributed by atoms with Crippen LogP contribution in [0, 0.1) is 0 Å². The standard InChI is InChI=1S/C19H28BrNO2/c1-19(2)18(21-12-5-3-6-13-21)15-9-8-10-16(17(15)23-19)22-14-7-4-11-20/h8-10,18H,3-7,11-14H2,1-2H3. The Morgan fingerprint density at radius 2 is 2.00 bits per heavy atom. The molecule has 1 fully saturated rings. The van der Waals surface area contributed by atoms with E-state index in [0.29, 0.717) is 6.04 Å². The van der Waals surface area contributed by atoms with E-state index in [1.165, 1.54) is 37.9 Å². The molecule has 1 unspecified atom stereocenters. The van der Waals surface area contributed by atoms with Crippen LogP contribution in [0.5, 0.6) is 11.5 Å². The monoisotopic (exact) mass is 381 g/mol. The first kappa shape index (κ1) is 17.1. The summed E-state index contributed by atoms with van der Waals surface area (Å²) in [7, 11) is 0. The van der Waals surface area contributed by atoms with Gasteiger partial charge in [0.25, 0.3) is 0 Å². The lowest BCUT2D eigenvalue weighted by Crippen LogP contribution is -2.44. The molecule has 1 aromatic carbocycles. The van der Waals surface area contributed by atoms with Crippen LogP contribution in [0.15, 0.2) is 18.2 Å². The summed E-state index contributed by atoms with van der Waals surface area (Å²) in [6.45, 7) is 7.52. The van der Waals surface area contributed by atoms with Crippen molar-refractivity contribution in [1.29, 1.82) is 0 Å². The molecule has 2 aliphatic rings. The number of rotatable bonds is 6. The van der Waals surface area contributed by atoms with Crippen LogP contribution in [0.3, 0.4) is 0 Å². The fourth-order valence-corrected chi connectivity index (χ4v) is 4.25. The van der Waals surface area contributed by atoms with E-state index in [0.717, 1.165) is 36.3 Å². The highest BCUT2D eigenvalue weighted by molar-refractivity contribution is 9.09. The van der Waals surface area contributed by atoms with Gasteiger partial charge in [-0.25, -0.2) is 0 Å². The van der Waals surface area contributed by atoms with Gasteiger partial charge in [0.1, 0.15) is 5.60 Å². The summed E-state index contributed by atoms with van der Waals surface area (Å²) in [4.78, 5) is 2.60. The Kier molecular flexibility index (Phi) is 5.53. The molecule has 3 rings (SSSR count). The van der Waals surface area contributed by atoms with Crippen LogP contribution >= 0.6 is 15.9 Å². The second-order valence-corrected chi connectivity index (χ2v) is 7.92. The lowest BCUT2D eigenvalue weighted by atomic mass is 9.91. The SMILES string of the molecule is CC1(C)Oc2c(OCCCCBr)cccc2C1N1CCCCC1. The van der Waals surface area contributed by atoms with Crippen LogP contribution in [0.4, 0.5) is 0 Å². The molecule has 0 aliphatic carbocycles. The number of hydrogen-bond acceptors (Lipinski definition) is 3. The molecule has 0 bridgehead atoms. The molecule has 1 saturated heterocycles. The number of ether oxygens (including phenoxy) is 2. The molecule has 0 saturated carbocycles. The lowest BCUT2D eigenvalue weighted by Gasteiger charge is -2.38. The maximum atomic E-state index is 6.37. The predicted octanol–water partition coefficient (Wildman–Crippen LogP) is 4.94. The van der Waals surface area contributed by atoms with Gasteiger partial charge in [-0.3, -0.25) is 4.90 Å². The fourth-order valence-electron chi connectivity index (χ4n) is 3.86. The van der Waals surface area contributed by atoms with Gasteiger partial charge in [0.05, 0.1) is 12.6 Å². The van der Waals surface area contributed by atoms with Crippen molar-refractivity contribution in [1.82, 2.24) is 4.90 Å². The third-order valence-electron chi connectivity index (χ3n) is 4.87. The Balaban J connectivity index is 1.80. The number of halogens is 1. The maximum absolute atomic E-state index is 6.37. The summed E-state index contributed by atoms with van der Waals surface area (Å²) < 4.78 is 12.4. The maximum Gasteiger partial charge on any atom is 0.167 e. The molecule has 0 aromatic heterocycles. The molecule has 4 heteroatoms. The summed E-state index contributed by atoms with van der Waals surface area (Å²) in [6.07, 6.45) is 6.15. The van der Waals surface area contributed by atoms with Crippen molar-refractivity contribution < 1.29 is 9.47 Å². The molecule has 0 amide bonds. The van der Waals surface area contributed by atoms with Crippen LogP contribution < -0.4 is 9.47 Å². The highest BCUT2D eigenvalue weighted by Crippen LogP contribution is 2.51. The van der Waals surface area contributed by atoms with Gasteiger partial charge in [-0.1, -0.05) is 34.5 Å². The Bertz CT molecular complexity index is 526. The number of benzene rings is 1. The van der Waals surface area contributed by atoms with Crippen molar-refractivity contribution in [3.8, 4) is 11.5 Å². The van der Waals surface area contributed by atoms with Crippen LogP contribution in [-0.2, 0) is 0 Å². The summed E-state index contributed by atoms with van der Waals surface area (Å²) in [5, 5.41) is 1.03. The third-order valence-corrected chi connectivity index (χ3v) is 5.43. The summed E-state index contributed by atoms with van der Waals surface area (Å²) >= 11 is 3.47. The normalized spacial score (nSPS) is 23.3. The zero-order chi connectivity index (χ0) is 16.3. The summed E-state index contributed by atoms with van der Waals surface area (Å²) in [5.74, 6) is 1.87. The molecule has 0 N–H and O–H groups in total. The van der Waals surface area contributed by atoms with Gasteiger partial charge in [-0.05, 0) is 58.7 Å². The topological polar surface area (TPSA) is 21.7 Å². The summed E-state index contributed by atoms with van der Waals surface area (Å²) in [6, 6.07) is 6.71. The van der Waals surface area contributed by atoms with Gasteiger partial charge >= 0.3 is 0 Å². The number of likely N-dealkylation sites (tertiary alicyclic amines) is 1. The molecule has 1 atom stereocenters. The van der Waals surface area contributed by atoms with Gasteiger partial charge in [0.2, 0.25) is 0 Å². The molecule has 3 nitrogen and oxygen atoms in total. The Labute approximate surface area is 148 Å². The van der Waals surface area contributed by atoms with Crippen LogP contribution in [0.1, 0.15) is 57.6 Å². The van der Waals surface area contributed by atoms with E-state index in [-0.39, 0.29) is 5.60 Å². The number of piperidine rings is 1. The molecule has 0 spiro atoms. The zero-order valence-corrected chi connectivity index (χ0v) is 15.9. The zero-order valence-electron chi connectivity index (χ0n) is 14.3. The van der Waals surface area contributed by atoms with Crippen molar-refractivity contribution in [3.63, 3.8) is 0 Å². The minimum Gasteiger partial charge on any atom is -0.490 e. The molecular weight excluding hydrogens is 354 g/mol. The average molecular weight is 382 g/mol. The lowest BCUT2D eigenvalue weighted by molar-refractivity contribution is 0.0186. The Hall–Kier alpha value is -0.740. The first-order valence-corrected chi connectivity index (χ1v) is 10.0. The van der Waals surface area contributed by atoms with E-state index < -0.39 is 0 Å². The average Bonchev–Trinajstić information content (AvgIpc) is 2.83. The molecular formula is C19H28BrNO2. The summed E-state index contributed by atoms with van der Waals surface area (Å²) in [5.41, 5.74) is 1.10. The minimum atomic E-state index is -0.199. The van der Waals surface area contributed by atoms with Gasteiger partial charge in [-0.2, -0.15) is 0 Å². The van der Waals surface area contributed by atoms with Gasteiger partial charge in [-0.15, -0.1) is 0 Å². The van der Waals surface area contributed by atoms with Crippen molar-refractivity contribution in [2.24, 2.45) is 0 Å². The van der Waals surface area contributed by atoms with Crippen molar-refractivity contribution in [3.05, 3.63) is 23.8 Å². The predicted molar refractivity (Wildman–Crippen MR) is 97.8 cm³/mol. The van der Waals surface area contributed by atoms with Crippen LogP contribution in [-0.4, -0.2) is 35.5 Å². The van der Waals surface area contributed by atoms with Crippen molar-refractivity contribution in [2.45, 2.75) is 57.6 Å². The fraction of sp³-hybridized carbons (Fsp3) is 0.684. The molecule has 1 aromatic rings. The number of unbranched alkanes of at least 4 members (excludes halogenated alkanes) is 1. The number of alkyl halides is 1. The van der Waals surface area contributed by atoms with Crippen molar-refractivity contribution >= 4 is 15.9 Å². The van der Waals surface area contributed by atoms with E-state index in [9.17, 15) is 0 Å². The van der Waals surface area contributed by atoms with E-state index >= 15 is 0 Å². The highest BCUT2D eigenvalue weighted by Gasteiger charge is 2.45. The van der Waals surface area contributed by atoms with Gasteiger partial charge in [0.15, 0.2) is 11.5 Å². The largest absolute Gasteiger partial charge is 0.490 e. The number of hydrogen-bond donors (Lipinski definition) is 0. The first-order chi connectivity index (χ1) is 11.1. The van der Waals surface area contributed by atoms with E-state index in [1.54, 1.807) is 0 Å². The Morgan fingerprint density at radius 1 is 1.22 bits per heavy atom. The molecule has 2 heterocycles. The highest BCUT2D eigenvalue weighted by atomic mass is 79.9. The molecule has 0 radical (unpaired) electrons. The smallest absolute Gasteiger partial charge is 0.167 e. The van der Waals surface area contributed by atoms with Gasteiger partial charge < -0.3 is 9.47 Å². The van der Waals surface area contributed by atoms with E-state index in [4.69, 9.17) is 9.47 Å². The van der Waals surface area contributed by atoms with E-state index in [1.807, 2.05) is 6.07 Å². The van der Waals surface area contributed by atoms with Crippen molar-refractivity contribution in [2.75, 3.05) is 25.0 Å². The van der Waals surface area contributed by atoms with Gasteiger partial charge in [0, 0.05) is 10.9 Å². The van der Waals surface area contributed by atoms with Crippen LogP contribution in [0.2, 0.25) is 0 Å². The van der Waals surface area contributed by atoms with E-state index in [2.05, 4.69) is 46.8 Å². The molecule has 2 aliphatic heterocycles. The second kappa shape index (κ2) is 7.43. The van der Waals surface area contributed by atoms with Crippen LogP contribution in [0.25, 0.3) is 0 Å². The second-order valence-electron chi connectivity index (χ2n) is 7.12. The quantitative estimate of drug-likeness (QED) is 0.514. The number of fused-ring (bicyclic) bond motifs is 1. The Morgan fingerprint density at radius 3 is 2.74 bits per heavy atom. The number of nitrogens with zero attached hydrogens (tertiary/aromatic N) is 1.